The van der Waals surface area contributed by atoms with E-state index < -0.39 is 5.92 Å². The number of ketones is 1. The molecule has 0 N–H and O–H groups in total. The number of hydrogen-bond acceptors (Lipinski definition) is 2. The molecule has 0 spiro atoms. The molecule has 1 aliphatic heterocycles. The first-order valence-corrected chi connectivity index (χ1v) is 7.03. The van der Waals surface area contributed by atoms with Crippen LogP contribution < -0.4 is 4.90 Å². The second kappa shape index (κ2) is 5.73. The van der Waals surface area contributed by atoms with Gasteiger partial charge in [0.05, 0.1) is 5.92 Å². The highest BCUT2D eigenvalue weighted by molar-refractivity contribution is 6.09. The lowest BCUT2D eigenvalue weighted by Gasteiger charge is -2.32. The second-order valence-electron chi connectivity index (χ2n) is 5.68. The maximum Gasteiger partial charge on any atom is 0.237 e. The summed E-state index contributed by atoms with van der Waals surface area (Å²) < 4.78 is 13.6. The highest BCUT2D eigenvalue weighted by Gasteiger charge is 2.35. The van der Waals surface area contributed by atoms with Crippen molar-refractivity contribution in [2.45, 2.75) is 33.6 Å². The lowest BCUT2D eigenvalue weighted by atomic mass is 9.87. The predicted octanol–water partition coefficient (Wildman–Crippen LogP) is 3.10. The standard InChI is InChI=1S/C16H20FNO2/c1-10(2)15(19)13-5-4-8-18(16(13)20)12-7-6-11(3)14(17)9-12/h6-7,9-10,13H,4-5,8H2,1-3H3. The Morgan fingerprint density at radius 1 is 1.40 bits per heavy atom. The van der Waals surface area contributed by atoms with Crippen LogP contribution in [0.1, 0.15) is 32.3 Å². The van der Waals surface area contributed by atoms with E-state index in [1.807, 2.05) is 0 Å². The zero-order valence-electron chi connectivity index (χ0n) is 12.1. The number of carbonyl (C=O) groups is 2. The Balaban J connectivity index is 2.26. The third-order valence-corrected chi connectivity index (χ3v) is 3.82. The molecule has 0 bridgehead atoms. The molecular formula is C16H20FNO2. The largest absolute Gasteiger partial charge is 0.312 e. The van der Waals surface area contributed by atoms with Gasteiger partial charge in [0.15, 0.2) is 0 Å². The summed E-state index contributed by atoms with van der Waals surface area (Å²) in [6, 6.07) is 4.76. The molecule has 1 fully saturated rings. The van der Waals surface area contributed by atoms with Gasteiger partial charge >= 0.3 is 0 Å². The molecule has 1 aromatic carbocycles. The second-order valence-corrected chi connectivity index (χ2v) is 5.68. The Morgan fingerprint density at radius 3 is 2.70 bits per heavy atom. The molecule has 1 amide bonds. The SMILES string of the molecule is Cc1ccc(N2CCCC(C(=O)C(C)C)C2=O)cc1F. The fraction of sp³-hybridized carbons (Fsp3) is 0.500. The van der Waals surface area contributed by atoms with Crippen LogP contribution in [0.2, 0.25) is 0 Å². The monoisotopic (exact) mass is 277 g/mol. The molecule has 1 saturated heterocycles. The van der Waals surface area contributed by atoms with E-state index in [-0.39, 0.29) is 23.4 Å². The lowest BCUT2D eigenvalue weighted by molar-refractivity contribution is -0.135. The van der Waals surface area contributed by atoms with Crippen molar-refractivity contribution in [3.8, 4) is 0 Å². The third kappa shape index (κ3) is 2.74. The summed E-state index contributed by atoms with van der Waals surface area (Å²) >= 11 is 0. The number of nitrogens with zero attached hydrogens (tertiary/aromatic N) is 1. The van der Waals surface area contributed by atoms with Crippen LogP contribution in [0.4, 0.5) is 10.1 Å². The van der Waals surface area contributed by atoms with E-state index >= 15 is 0 Å². The van der Waals surface area contributed by atoms with Gasteiger partial charge in [0.25, 0.3) is 0 Å². The van der Waals surface area contributed by atoms with Crippen molar-refractivity contribution >= 4 is 17.4 Å². The molecule has 3 nitrogen and oxygen atoms in total. The zero-order valence-corrected chi connectivity index (χ0v) is 12.1. The van der Waals surface area contributed by atoms with Gasteiger partial charge in [0.2, 0.25) is 5.91 Å². The Morgan fingerprint density at radius 2 is 2.10 bits per heavy atom. The van der Waals surface area contributed by atoms with Crippen LogP contribution >= 0.6 is 0 Å². The molecule has 1 aromatic rings. The molecule has 20 heavy (non-hydrogen) atoms. The highest BCUT2D eigenvalue weighted by Crippen LogP contribution is 2.27. The molecule has 1 unspecified atom stereocenters. The fourth-order valence-corrected chi connectivity index (χ4v) is 2.55. The summed E-state index contributed by atoms with van der Waals surface area (Å²) in [7, 11) is 0. The topological polar surface area (TPSA) is 37.4 Å². The van der Waals surface area contributed by atoms with Crippen LogP contribution in [0.5, 0.6) is 0 Å². The van der Waals surface area contributed by atoms with Crippen molar-refractivity contribution in [3.63, 3.8) is 0 Å². The minimum Gasteiger partial charge on any atom is -0.312 e. The maximum atomic E-state index is 13.6. The summed E-state index contributed by atoms with van der Waals surface area (Å²) in [6.45, 7) is 5.84. The number of amides is 1. The first-order chi connectivity index (χ1) is 9.41. The number of carbonyl (C=O) groups excluding carboxylic acids is 2. The quantitative estimate of drug-likeness (QED) is 0.796. The van der Waals surface area contributed by atoms with Gasteiger partial charge in [-0.25, -0.2) is 4.39 Å². The average Bonchev–Trinajstić information content (AvgIpc) is 2.41. The normalized spacial score (nSPS) is 19.6. The van der Waals surface area contributed by atoms with Gasteiger partial charge in [-0.05, 0) is 37.5 Å². The van der Waals surface area contributed by atoms with E-state index in [2.05, 4.69) is 0 Å². The van der Waals surface area contributed by atoms with Crippen LogP contribution in [0.15, 0.2) is 18.2 Å². The van der Waals surface area contributed by atoms with Crippen molar-refractivity contribution in [3.05, 3.63) is 29.6 Å². The maximum absolute atomic E-state index is 13.6. The molecule has 2 rings (SSSR count). The number of Topliss-reactive ketones (excluding diaryl/α,β-unsaturated/α-hetero) is 1. The summed E-state index contributed by atoms with van der Waals surface area (Å²) in [6.07, 6.45) is 1.37. The number of halogens is 1. The van der Waals surface area contributed by atoms with E-state index in [9.17, 15) is 14.0 Å². The smallest absolute Gasteiger partial charge is 0.237 e. The summed E-state index contributed by atoms with van der Waals surface area (Å²) in [5.74, 6) is -1.27. The van der Waals surface area contributed by atoms with E-state index in [1.165, 1.54) is 11.0 Å². The summed E-state index contributed by atoms with van der Waals surface area (Å²) in [5, 5.41) is 0. The van der Waals surface area contributed by atoms with Crippen molar-refractivity contribution in [2.24, 2.45) is 11.8 Å². The molecule has 0 radical (unpaired) electrons. The first kappa shape index (κ1) is 14.7. The molecule has 1 heterocycles. The molecule has 0 aliphatic carbocycles. The van der Waals surface area contributed by atoms with E-state index in [0.29, 0.717) is 24.2 Å². The molecule has 1 aliphatic rings. The summed E-state index contributed by atoms with van der Waals surface area (Å²) in [5.41, 5.74) is 1.09. The number of benzene rings is 1. The molecule has 4 heteroatoms. The number of piperidine rings is 1. The van der Waals surface area contributed by atoms with Crippen LogP contribution in [0.3, 0.4) is 0 Å². The lowest BCUT2D eigenvalue weighted by Crippen LogP contribution is -2.45. The van der Waals surface area contributed by atoms with Crippen LogP contribution in [0.25, 0.3) is 0 Å². The number of hydrogen-bond donors (Lipinski definition) is 0. The average molecular weight is 277 g/mol. The van der Waals surface area contributed by atoms with Gasteiger partial charge in [0.1, 0.15) is 11.6 Å². The van der Waals surface area contributed by atoms with Crippen molar-refractivity contribution in [2.75, 3.05) is 11.4 Å². The Hall–Kier alpha value is -1.71. The van der Waals surface area contributed by atoms with E-state index in [4.69, 9.17) is 0 Å². The first-order valence-electron chi connectivity index (χ1n) is 7.03. The minimum absolute atomic E-state index is 0.0210. The number of rotatable bonds is 3. The molecule has 108 valence electrons. The van der Waals surface area contributed by atoms with Gasteiger partial charge in [-0.1, -0.05) is 19.9 Å². The minimum atomic E-state index is -0.576. The molecule has 1 atom stereocenters. The van der Waals surface area contributed by atoms with Gasteiger partial charge in [0, 0.05) is 18.2 Å². The summed E-state index contributed by atoms with van der Waals surface area (Å²) in [4.78, 5) is 26.1. The molecule has 0 saturated carbocycles. The highest BCUT2D eigenvalue weighted by atomic mass is 19.1. The third-order valence-electron chi connectivity index (χ3n) is 3.82. The van der Waals surface area contributed by atoms with E-state index in [0.717, 1.165) is 6.42 Å². The number of aryl methyl sites for hydroxylation is 1. The van der Waals surface area contributed by atoms with Crippen LogP contribution in [0, 0.1) is 24.6 Å². The zero-order chi connectivity index (χ0) is 14.9. The van der Waals surface area contributed by atoms with Crippen molar-refractivity contribution in [1.82, 2.24) is 0 Å². The van der Waals surface area contributed by atoms with Gasteiger partial charge in [-0.2, -0.15) is 0 Å². The molecular weight excluding hydrogens is 257 g/mol. The van der Waals surface area contributed by atoms with E-state index in [1.54, 1.807) is 32.9 Å². The van der Waals surface area contributed by atoms with Crippen LogP contribution in [-0.4, -0.2) is 18.2 Å². The van der Waals surface area contributed by atoms with Gasteiger partial charge in [-0.3, -0.25) is 9.59 Å². The Labute approximate surface area is 118 Å². The van der Waals surface area contributed by atoms with Gasteiger partial charge < -0.3 is 4.90 Å². The molecule has 0 aromatic heterocycles. The van der Waals surface area contributed by atoms with Crippen LogP contribution in [-0.2, 0) is 9.59 Å². The fourth-order valence-electron chi connectivity index (χ4n) is 2.55. The Bertz CT molecular complexity index is 539. The predicted molar refractivity (Wildman–Crippen MR) is 76.1 cm³/mol. The van der Waals surface area contributed by atoms with Gasteiger partial charge in [-0.15, -0.1) is 0 Å². The Kier molecular flexibility index (Phi) is 4.21. The van der Waals surface area contributed by atoms with Crippen molar-refractivity contribution < 1.29 is 14.0 Å². The van der Waals surface area contributed by atoms with Crippen molar-refractivity contribution in [1.29, 1.82) is 0 Å². The number of anilines is 1.